The summed E-state index contributed by atoms with van der Waals surface area (Å²) in [6.45, 7) is 5.15. The zero-order valence-electron chi connectivity index (χ0n) is 12.5. The van der Waals surface area contributed by atoms with Gasteiger partial charge >= 0.3 is 12.2 Å². The first-order chi connectivity index (χ1) is 9.44. The second kappa shape index (κ2) is 5.82. The highest BCUT2D eigenvalue weighted by Crippen LogP contribution is 2.35. The topological polar surface area (TPSA) is 75.4 Å². The molecular weight excluding hydrogens is 287 g/mol. The fraction of sp³-hybridized carbons (Fsp3) is 0.846. The minimum absolute atomic E-state index is 0.0169. The average molecular weight is 309 g/mol. The van der Waals surface area contributed by atoms with E-state index in [1.54, 1.807) is 5.32 Å². The Hall–Kier alpha value is -1.31. The van der Waals surface area contributed by atoms with Crippen LogP contribution < -0.4 is 11.1 Å². The molecule has 8 heteroatoms. The van der Waals surface area contributed by atoms with Crippen molar-refractivity contribution >= 4 is 11.9 Å². The van der Waals surface area contributed by atoms with Gasteiger partial charge in [-0.25, -0.2) is 4.79 Å². The summed E-state index contributed by atoms with van der Waals surface area (Å²) in [4.78, 5) is 24.0. The fourth-order valence-corrected chi connectivity index (χ4v) is 2.07. The quantitative estimate of drug-likeness (QED) is 0.582. The van der Waals surface area contributed by atoms with Crippen LogP contribution >= 0.6 is 0 Å². The third-order valence-corrected chi connectivity index (χ3v) is 3.88. The third kappa shape index (κ3) is 3.66. The van der Waals surface area contributed by atoms with E-state index in [-0.39, 0.29) is 12.0 Å². The van der Waals surface area contributed by atoms with E-state index < -0.39 is 23.7 Å². The highest BCUT2D eigenvalue weighted by molar-refractivity contribution is 6.07. The van der Waals surface area contributed by atoms with Crippen molar-refractivity contribution in [3.8, 4) is 0 Å². The molecule has 3 N–H and O–H groups in total. The van der Waals surface area contributed by atoms with Gasteiger partial charge in [0.05, 0.1) is 0 Å². The van der Waals surface area contributed by atoms with E-state index in [1.165, 1.54) is 0 Å². The molecule has 1 fully saturated rings. The molecule has 0 bridgehead atoms. The minimum atomic E-state index is -4.81. The zero-order chi connectivity index (χ0) is 16.5. The van der Waals surface area contributed by atoms with Crippen molar-refractivity contribution < 1.29 is 22.8 Å². The maximum absolute atomic E-state index is 12.9. The molecule has 1 aliphatic heterocycles. The van der Waals surface area contributed by atoms with Gasteiger partial charge < -0.3 is 11.1 Å². The van der Waals surface area contributed by atoms with E-state index in [1.807, 2.05) is 13.8 Å². The fourth-order valence-electron chi connectivity index (χ4n) is 2.07. The number of carbonyl (C=O) groups is 2. The van der Waals surface area contributed by atoms with Crippen LogP contribution in [-0.2, 0) is 4.79 Å². The van der Waals surface area contributed by atoms with Crippen LogP contribution in [0.4, 0.5) is 18.0 Å². The van der Waals surface area contributed by atoms with Gasteiger partial charge in [-0.15, -0.1) is 0 Å². The van der Waals surface area contributed by atoms with Gasteiger partial charge in [-0.05, 0) is 31.7 Å². The molecule has 1 rings (SSSR count). The van der Waals surface area contributed by atoms with Crippen LogP contribution in [0.5, 0.6) is 0 Å². The molecule has 21 heavy (non-hydrogen) atoms. The van der Waals surface area contributed by atoms with Gasteiger partial charge in [-0.3, -0.25) is 9.69 Å². The van der Waals surface area contributed by atoms with Crippen molar-refractivity contribution in [2.24, 2.45) is 11.1 Å². The number of imide groups is 1. The minimum Gasteiger partial charge on any atom is -0.330 e. The van der Waals surface area contributed by atoms with E-state index in [2.05, 4.69) is 0 Å². The number of urea groups is 1. The Morgan fingerprint density at radius 3 is 2.24 bits per heavy atom. The van der Waals surface area contributed by atoms with E-state index in [0.29, 0.717) is 31.2 Å². The molecule has 1 saturated heterocycles. The van der Waals surface area contributed by atoms with Crippen molar-refractivity contribution in [2.45, 2.75) is 51.7 Å². The van der Waals surface area contributed by atoms with Crippen molar-refractivity contribution in [3.63, 3.8) is 0 Å². The van der Waals surface area contributed by atoms with Crippen molar-refractivity contribution in [1.82, 2.24) is 10.2 Å². The van der Waals surface area contributed by atoms with Gasteiger partial charge in [0, 0.05) is 6.54 Å². The molecule has 1 unspecified atom stereocenters. The molecule has 0 spiro atoms. The normalized spacial score (nSPS) is 23.7. The van der Waals surface area contributed by atoms with Crippen molar-refractivity contribution in [2.75, 3.05) is 13.1 Å². The predicted octanol–water partition coefficient (Wildman–Crippen LogP) is 2.01. The second-order valence-electron chi connectivity index (χ2n) is 6.34. The van der Waals surface area contributed by atoms with Gasteiger partial charge in [-0.1, -0.05) is 20.3 Å². The Morgan fingerprint density at radius 1 is 1.24 bits per heavy atom. The summed E-state index contributed by atoms with van der Waals surface area (Å²) in [7, 11) is 0. The van der Waals surface area contributed by atoms with E-state index >= 15 is 0 Å². The first-order valence-corrected chi connectivity index (χ1v) is 6.85. The Balaban J connectivity index is 2.58. The summed E-state index contributed by atoms with van der Waals surface area (Å²) < 4.78 is 38.6. The molecule has 1 aliphatic rings. The molecule has 0 aromatic rings. The van der Waals surface area contributed by atoms with Gasteiger partial charge in [0.1, 0.15) is 0 Å². The molecule has 122 valence electrons. The van der Waals surface area contributed by atoms with E-state index in [0.717, 1.165) is 6.42 Å². The molecule has 1 atom stereocenters. The maximum Gasteiger partial charge on any atom is 0.420 e. The molecule has 0 radical (unpaired) electrons. The summed E-state index contributed by atoms with van der Waals surface area (Å²) in [5.41, 5.74) is 2.71. The van der Waals surface area contributed by atoms with Gasteiger partial charge in [0.15, 0.2) is 0 Å². The number of nitrogens with two attached hydrogens (primary N) is 1. The summed E-state index contributed by atoms with van der Waals surface area (Å²) in [5.74, 6) is -1.24. The van der Waals surface area contributed by atoms with Crippen LogP contribution in [0.3, 0.4) is 0 Å². The van der Waals surface area contributed by atoms with Crippen molar-refractivity contribution in [3.05, 3.63) is 0 Å². The van der Waals surface area contributed by atoms with E-state index in [4.69, 9.17) is 5.73 Å². The Bertz CT molecular complexity index is 423. The Morgan fingerprint density at radius 2 is 1.81 bits per heavy atom. The third-order valence-electron chi connectivity index (χ3n) is 3.88. The van der Waals surface area contributed by atoms with Gasteiger partial charge in [-0.2, -0.15) is 13.2 Å². The van der Waals surface area contributed by atoms with E-state index in [9.17, 15) is 22.8 Å². The monoisotopic (exact) mass is 309 g/mol. The lowest BCUT2D eigenvalue weighted by Crippen LogP contribution is -2.56. The lowest BCUT2D eigenvalue weighted by atomic mass is 9.87. The van der Waals surface area contributed by atoms with Gasteiger partial charge in [0.2, 0.25) is 5.54 Å². The molecule has 1 heterocycles. The van der Waals surface area contributed by atoms with Gasteiger partial charge in [0.25, 0.3) is 5.91 Å². The number of carbonyl (C=O) groups excluding carboxylic acids is 2. The number of hydrogen-bond donors (Lipinski definition) is 2. The van der Waals surface area contributed by atoms with Crippen LogP contribution in [0.15, 0.2) is 0 Å². The predicted molar refractivity (Wildman–Crippen MR) is 71.4 cm³/mol. The number of alkyl halides is 3. The molecule has 0 aromatic heterocycles. The molecule has 5 nitrogen and oxygen atoms in total. The smallest absolute Gasteiger partial charge is 0.330 e. The van der Waals surface area contributed by atoms with Crippen LogP contribution in [-0.4, -0.2) is 41.6 Å². The molecule has 0 aliphatic carbocycles. The number of nitrogens with one attached hydrogen (secondary N) is 1. The summed E-state index contributed by atoms with van der Waals surface area (Å²) in [6, 6.07) is -0.988. The summed E-state index contributed by atoms with van der Waals surface area (Å²) >= 11 is 0. The molecule has 0 aromatic carbocycles. The number of amides is 3. The lowest BCUT2D eigenvalue weighted by Gasteiger charge is -2.24. The number of nitrogens with zero attached hydrogens (tertiary/aromatic N) is 1. The SMILES string of the molecule is CC(C)(CN)CCCCN1C(=O)NC(C)(C(F)(F)F)C1=O. The maximum atomic E-state index is 12.9. The average Bonchev–Trinajstić information content (AvgIpc) is 2.57. The Labute approximate surface area is 122 Å². The first kappa shape index (κ1) is 17.7. The largest absolute Gasteiger partial charge is 0.420 e. The van der Waals surface area contributed by atoms with Crippen LogP contribution in [0.2, 0.25) is 0 Å². The zero-order valence-corrected chi connectivity index (χ0v) is 12.5. The van der Waals surface area contributed by atoms with Crippen LogP contribution in [0.1, 0.15) is 40.0 Å². The molecule has 0 saturated carbocycles. The first-order valence-electron chi connectivity index (χ1n) is 6.85. The highest BCUT2D eigenvalue weighted by atomic mass is 19.4. The molecular formula is C13H22F3N3O2. The summed E-state index contributed by atoms with van der Waals surface area (Å²) in [5, 5.41) is 1.73. The van der Waals surface area contributed by atoms with Crippen molar-refractivity contribution in [1.29, 1.82) is 0 Å². The number of hydrogen-bond acceptors (Lipinski definition) is 3. The highest BCUT2D eigenvalue weighted by Gasteiger charge is 2.64. The van der Waals surface area contributed by atoms with Crippen LogP contribution in [0, 0.1) is 5.41 Å². The number of halogens is 3. The number of unbranched alkanes of at least 4 members (excludes halogenated alkanes) is 1. The second-order valence-corrected chi connectivity index (χ2v) is 6.34. The lowest BCUT2D eigenvalue weighted by molar-refractivity contribution is -0.191. The summed E-state index contributed by atoms with van der Waals surface area (Å²) in [6.07, 6.45) is -2.89. The van der Waals surface area contributed by atoms with Crippen LogP contribution in [0.25, 0.3) is 0 Å². The number of rotatable bonds is 6. The standard InChI is InChI=1S/C13H22F3N3O2/c1-11(2,8-17)6-4-5-7-19-9(20)12(3,13(14,15)16)18-10(19)21/h4-8,17H2,1-3H3,(H,18,21). The Kier molecular flexibility index (Phi) is 4.92. The molecule has 3 amide bonds.